The van der Waals surface area contributed by atoms with E-state index >= 15 is 0 Å². The van der Waals surface area contributed by atoms with Gasteiger partial charge in [0.2, 0.25) is 10.0 Å². The van der Waals surface area contributed by atoms with E-state index in [1.165, 1.54) is 0 Å². The number of aromatic nitrogens is 3. The van der Waals surface area contributed by atoms with Crippen LogP contribution in [0, 0.1) is 0 Å². The molecular weight excluding hydrogens is 242 g/mol. The van der Waals surface area contributed by atoms with Crippen LogP contribution in [0.4, 0.5) is 0 Å². The number of hydrogen-bond acceptors (Lipinski definition) is 5. The zero-order valence-electron chi connectivity index (χ0n) is 9.70. The number of primary sulfonamides is 1. The summed E-state index contributed by atoms with van der Waals surface area (Å²) in [5.74, 6) is 0. The number of rotatable bonds is 3. The predicted octanol–water partition coefficient (Wildman–Crippen LogP) is -1.23. The van der Waals surface area contributed by atoms with Crippen LogP contribution < -0.4 is 10.5 Å². The Kier molecular flexibility index (Phi) is 3.45. The first-order valence-corrected chi connectivity index (χ1v) is 7.16. The lowest BCUT2D eigenvalue weighted by molar-refractivity contribution is 0.394. The summed E-state index contributed by atoms with van der Waals surface area (Å²) in [7, 11) is -1.59. The average molecular weight is 259 g/mol. The van der Waals surface area contributed by atoms with E-state index in [1.807, 2.05) is 13.2 Å². The minimum absolute atomic E-state index is 0.254. The lowest BCUT2D eigenvalue weighted by atomic mass is 10.0. The summed E-state index contributed by atoms with van der Waals surface area (Å²) in [5.41, 5.74) is 0.916. The summed E-state index contributed by atoms with van der Waals surface area (Å²) in [4.78, 5) is 0. The topological polar surface area (TPSA) is 103 Å². The molecule has 0 amide bonds. The Hall–Kier alpha value is -0.990. The number of nitrogens with two attached hydrogens (primary N) is 1. The fourth-order valence-electron chi connectivity index (χ4n) is 2.09. The van der Waals surface area contributed by atoms with Crippen molar-refractivity contribution in [3.05, 3.63) is 11.9 Å². The molecule has 0 aliphatic carbocycles. The number of sulfonamides is 1. The van der Waals surface area contributed by atoms with Crippen molar-refractivity contribution in [2.45, 2.75) is 30.6 Å². The van der Waals surface area contributed by atoms with Crippen LogP contribution in [0.5, 0.6) is 0 Å². The molecule has 0 aromatic carbocycles. The van der Waals surface area contributed by atoms with Gasteiger partial charge in [0.15, 0.2) is 0 Å². The maximum atomic E-state index is 11.2. The molecule has 8 heteroatoms. The maximum Gasteiger partial charge on any atom is 0.213 e. The lowest BCUT2D eigenvalue weighted by Gasteiger charge is -2.28. The Balaban J connectivity index is 1.87. The fourth-order valence-corrected chi connectivity index (χ4v) is 2.88. The van der Waals surface area contributed by atoms with E-state index < -0.39 is 15.3 Å². The number of nitrogens with one attached hydrogen (secondary N) is 1. The van der Waals surface area contributed by atoms with E-state index in [0.29, 0.717) is 13.0 Å². The van der Waals surface area contributed by atoms with Crippen LogP contribution in [0.15, 0.2) is 6.20 Å². The van der Waals surface area contributed by atoms with E-state index in [-0.39, 0.29) is 6.04 Å². The minimum atomic E-state index is -3.41. The molecule has 0 saturated carbocycles. The van der Waals surface area contributed by atoms with Gasteiger partial charge < -0.3 is 5.32 Å². The van der Waals surface area contributed by atoms with Crippen molar-refractivity contribution in [1.29, 1.82) is 0 Å². The van der Waals surface area contributed by atoms with Gasteiger partial charge >= 0.3 is 0 Å². The molecule has 2 heterocycles. The van der Waals surface area contributed by atoms with Crippen molar-refractivity contribution in [3.63, 3.8) is 0 Å². The summed E-state index contributed by atoms with van der Waals surface area (Å²) >= 11 is 0. The molecule has 0 bridgehead atoms. The monoisotopic (exact) mass is 259 g/mol. The molecule has 7 nitrogen and oxygen atoms in total. The standard InChI is InChI=1S/C9H17N5O2S/c1-14-6-8(12-13-14)4-7-2-3-9(5-11-7)17(10,15)16/h6-7,9,11H,2-5H2,1H3,(H2,10,15,16). The molecule has 1 fully saturated rings. The molecule has 0 radical (unpaired) electrons. The van der Waals surface area contributed by atoms with Gasteiger partial charge in [0.05, 0.1) is 10.9 Å². The van der Waals surface area contributed by atoms with E-state index in [0.717, 1.165) is 18.5 Å². The van der Waals surface area contributed by atoms with Gasteiger partial charge in [-0.25, -0.2) is 13.6 Å². The molecule has 2 rings (SSSR count). The second-order valence-electron chi connectivity index (χ2n) is 4.48. The zero-order chi connectivity index (χ0) is 12.5. The highest BCUT2D eigenvalue weighted by Gasteiger charge is 2.28. The summed E-state index contributed by atoms with van der Waals surface area (Å²) in [5, 5.41) is 15.7. The molecule has 1 aromatic heterocycles. The van der Waals surface area contributed by atoms with Crippen molar-refractivity contribution >= 4 is 10.0 Å². The molecule has 1 aliphatic heterocycles. The first kappa shape index (κ1) is 12.5. The van der Waals surface area contributed by atoms with Crippen molar-refractivity contribution in [2.24, 2.45) is 12.2 Å². The van der Waals surface area contributed by atoms with Crippen LogP contribution in [-0.2, 0) is 23.5 Å². The smallest absolute Gasteiger partial charge is 0.213 e. The van der Waals surface area contributed by atoms with Crippen LogP contribution in [-0.4, -0.2) is 41.2 Å². The average Bonchev–Trinajstić information content (AvgIpc) is 2.63. The quantitative estimate of drug-likeness (QED) is 0.707. The Labute approximate surface area is 100 Å². The van der Waals surface area contributed by atoms with Gasteiger partial charge in [-0.3, -0.25) is 4.68 Å². The Morgan fingerprint density at radius 2 is 2.35 bits per heavy atom. The van der Waals surface area contributed by atoms with Crippen molar-refractivity contribution < 1.29 is 8.42 Å². The third kappa shape index (κ3) is 3.24. The molecule has 1 saturated heterocycles. The summed E-state index contributed by atoms with van der Waals surface area (Å²) in [6.07, 6.45) is 4.03. The van der Waals surface area contributed by atoms with E-state index in [2.05, 4.69) is 15.6 Å². The van der Waals surface area contributed by atoms with Crippen LogP contribution in [0.3, 0.4) is 0 Å². The number of nitrogens with zero attached hydrogens (tertiary/aromatic N) is 3. The highest BCUT2D eigenvalue weighted by Crippen LogP contribution is 2.15. The number of aryl methyl sites for hydroxylation is 1. The van der Waals surface area contributed by atoms with Crippen LogP contribution >= 0.6 is 0 Å². The Bertz CT molecular complexity index is 475. The van der Waals surface area contributed by atoms with Crippen LogP contribution in [0.25, 0.3) is 0 Å². The fraction of sp³-hybridized carbons (Fsp3) is 0.778. The number of hydrogen-bond donors (Lipinski definition) is 2. The first-order chi connectivity index (χ1) is 7.95. The van der Waals surface area contributed by atoms with Gasteiger partial charge in [-0.05, 0) is 12.8 Å². The van der Waals surface area contributed by atoms with E-state index in [1.54, 1.807) is 4.68 Å². The second kappa shape index (κ2) is 4.71. The van der Waals surface area contributed by atoms with E-state index in [9.17, 15) is 8.42 Å². The van der Waals surface area contributed by atoms with Crippen molar-refractivity contribution in [3.8, 4) is 0 Å². The van der Waals surface area contributed by atoms with Crippen LogP contribution in [0.1, 0.15) is 18.5 Å². The predicted molar refractivity (Wildman–Crippen MR) is 62.6 cm³/mol. The SMILES string of the molecule is Cn1cc(CC2CCC(S(N)(=O)=O)CN2)nn1. The molecule has 1 aromatic rings. The molecule has 96 valence electrons. The molecular formula is C9H17N5O2S. The van der Waals surface area contributed by atoms with Gasteiger partial charge in [-0.1, -0.05) is 5.21 Å². The molecule has 3 N–H and O–H groups in total. The maximum absolute atomic E-state index is 11.2. The second-order valence-corrected chi connectivity index (χ2v) is 6.33. The number of piperidine rings is 1. The van der Waals surface area contributed by atoms with Gasteiger partial charge in [0.1, 0.15) is 0 Å². The van der Waals surface area contributed by atoms with Crippen LogP contribution in [0.2, 0.25) is 0 Å². The largest absolute Gasteiger partial charge is 0.312 e. The minimum Gasteiger partial charge on any atom is -0.312 e. The highest BCUT2D eigenvalue weighted by atomic mass is 32.2. The lowest BCUT2D eigenvalue weighted by Crippen LogP contribution is -2.47. The summed E-state index contributed by atoms with van der Waals surface area (Å²) < 4.78 is 24.0. The molecule has 1 aliphatic rings. The van der Waals surface area contributed by atoms with E-state index in [4.69, 9.17) is 5.14 Å². The zero-order valence-corrected chi connectivity index (χ0v) is 10.5. The van der Waals surface area contributed by atoms with Gasteiger partial charge in [0, 0.05) is 32.3 Å². The van der Waals surface area contributed by atoms with Crippen molar-refractivity contribution in [1.82, 2.24) is 20.3 Å². The third-order valence-electron chi connectivity index (χ3n) is 3.04. The summed E-state index contributed by atoms with van der Waals surface area (Å²) in [6, 6.07) is 0.254. The first-order valence-electron chi connectivity index (χ1n) is 5.55. The van der Waals surface area contributed by atoms with Gasteiger partial charge in [-0.2, -0.15) is 0 Å². The Morgan fingerprint density at radius 1 is 1.59 bits per heavy atom. The van der Waals surface area contributed by atoms with Gasteiger partial charge in [-0.15, -0.1) is 5.10 Å². The third-order valence-corrected chi connectivity index (χ3v) is 4.37. The van der Waals surface area contributed by atoms with Crippen molar-refractivity contribution in [2.75, 3.05) is 6.54 Å². The molecule has 2 unspecified atom stereocenters. The molecule has 2 atom stereocenters. The summed E-state index contributed by atoms with van der Waals surface area (Å²) in [6.45, 7) is 0.420. The Morgan fingerprint density at radius 3 is 2.82 bits per heavy atom. The highest BCUT2D eigenvalue weighted by molar-refractivity contribution is 7.89. The normalized spacial score (nSPS) is 26.0. The molecule has 17 heavy (non-hydrogen) atoms. The van der Waals surface area contributed by atoms with Gasteiger partial charge in [0.25, 0.3) is 0 Å². The molecule has 0 spiro atoms.